The minimum atomic E-state index is 0. The number of piperidine rings is 1. The van der Waals surface area contributed by atoms with Gasteiger partial charge in [0.05, 0.1) is 0 Å². The fraction of sp³-hybridized carbons (Fsp3) is 0.632. The van der Waals surface area contributed by atoms with Crippen molar-refractivity contribution in [2.24, 2.45) is 11.7 Å². The summed E-state index contributed by atoms with van der Waals surface area (Å²) >= 11 is 0. The first-order valence-corrected chi connectivity index (χ1v) is 8.85. The highest BCUT2D eigenvalue weighted by atomic mass is 35.5. The molecule has 0 spiro atoms. The third-order valence-corrected chi connectivity index (χ3v) is 4.62. The maximum Gasteiger partial charge on any atom is 0.220 e. The second-order valence-corrected chi connectivity index (χ2v) is 7.07. The van der Waals surface area contributed by atoms with Crippen molar-refractivity contribution in [3.63, 3.8) is 0 Å². The second-order valence-electron chi connectivity index (χ2n) is 7.07. The molecule has 25 heavy (non-hydrogen) atoms. The van der Waals surface area contributed by atoms with Crippen LogP contribution in [0.4, 0.5) is 0 Å². The van der Waals surface area contributed by atoms with Crippen LogP contribution in [0.3, 0.4) is 0 Å². The van der Waals surface area contributed by atoms with Crippen LogP contribution < -0.4 is 11.1 Å². The molecule has 0 aliphatic carbocycles. The van der Waals surface area contributed by atoms with Gasteiger partial charge >= 0.3 is 0 Å². The van der Waals surface area contributed by atoms with Crippen LogP contribution in [0, 0.1) is 5.92 Å². The highest BCUT2D eigenvalue weighted by Gasteiger charge is 2.15. The Morgan fingerprint density at radius 1 is 1.20 bits per heavy atom. The van der Waals surface area contributed by atoms with E-state index < -0.39 is 0 Å². The molecule has 1 fully saturated rings. The van der Waals surface area contributed by atoms with Crippen molar-refractivity contribution >= 4 is 30.7 Å². The van der Waals surface area contributed by atoms with E-state index in [9.17, 15) is 4.79 Å². The lowest BCUT2D eigenvalue weighted by Crippen LogP contribution is -2.32. The molecule has 1 atom stereocenters. The summed E-state index contributed by atoms with van der Waals surface area (Å²) in [6.45, 7) is 8.31. The number of likely N-dealkylation sites (tertiary alicyclic amines) is 1. The van der Waals surface area contributed by atoms with Gasteiger partial charge in [0.1, 0.15) is 0 Å². The molecule has 1 aliphatic rings. The molecule has 144 valence electrons. The number of hydrogen-bond donors (Lipinski definition) is 2. The number of amides is 1. The van der Waals surface area contributed by atoms with E-state index >= 15 is 0 Å². The zero-order valence-corrected chi connectivity index (χ0v) is 17.0. The van der Waals surface area contributed by atoms with Gasteiger partial charge in [-0.2, -0.15) is 0 Å². The number of carbonyl (C=O) groups is 1. The molecule has 3 N–H and O–H groups in total. The molecule has 1 aromatic rings. The lowest BCUT2D eigenvalue weighted by atomic mass is 9.99. The van der Waals surface area contributed by atoms with E-state index in [-0.39, 0.29) is 36.8 Å². The first-order valence-electron chi connectivity index (χ1n) is 8.85. The van der Waals surface area contributed by atoms with Gasteiger partial charge in [-0.15, -0.1) is 24.8 Å². The van der Waals surface area contributed by atoms with E-state index in [1.54, 1.807) is 0 Å². The Bertz CT molecular complexity index is 486. The Hall–Kier alpha value is -0.810. The Labute approximate surface area is 164 Å². The molecule has 2 rings (SSSR count). The average Bonchev–Trinajstić information content (AvgIpc) is 2.54. The standard InChI is InChI=1S/C19H31N3O.2ClH/c1-15-9-11-22(12-10-15)14-18-6-4-17(5-7-18)13-21-19(23)8-3-16(2)20;;/h4-7,15-16H,3,8-14,20H2,1-2H3,(H,21,23);2*1H. The van der Waals surface area contributed by atoms with Crippen LogP contribution in [-0.2, 0) is 17.9 Å². The predicted molar refractivity (Wildman–Crippen MR) is 109 cm³/mol. The Morgan fingerprint density at radius 3 is 2.32 bits per heavy atom. The quantitative estimate of drug-likeness (QED) is 0.749. The maximum atomic E-state index is 11.7. The van der Waals surface area contributed by atoms with E-state index in [0.717, 1.165) is 24.4 Å². The number of benzene rings is 1. The zero-order valence-electron chi connectivity index (χ0n) is 15.4. The molecule has 1 amide bonds. The van der Waals surface area contributed by atoms with E-state index in [0.29, 0.717) is 13.0 Å². The summed E-state index contributed by atoms with van der Waals surface area (Å²) < 4.78 is 0. The minimum Gasteiger partial charge on any atom is -0.352 e. The Kier molecular flexibility index (Phi) is 12.1. The monoisotopic (exact) mass is 389 g/mol. The second kappa shape index (κ2) is 12.5. The van der Waals surface area contributed by atoms with Crippen molar-refractivity contribution in [3.8, 4) is 0 Å². The van der Waals surface area contributed by atoms with E-state index in [4.69, 9.17) is 5.73 Å². The smallest absolute Gasteiger partial charge is 0.220 e. The molecule has 0 bridgehead atoms. The van der Waals surface area contributed by atoms with Crippen LogP contribution in [0.25, 0.3) is 0 Å². The molecule has 0 radical (unpaired) electrons. The largest absolute Gasteiger partial charge is 0.352 e. The van der Waals surface area contributed by atoms with Gasteiger partial charge in [0.15, 0.2) is 0 Å². The fourth-order valence-corrected chi connectivity index (χ4v) is 2.89. The molecule has 1 unspecified atom stereocenters. The van der Waals surface area contributed by atoms with Crippen LogP contribution in [-0.4, -0.2) is 29.9 Å². The Morgan fingerprint density at radius 2 is 1.76 bits per heavy atom. The topological polar surface area (TPSA) is 58.4 Å². The SMILES string of the molecule is CC(N)CCC(=O)NCc1ccc(CN2CCC(C)CC2)cc1.Cl.Cl. The summed E-state index contributed by atoms with van der Waals surface area (Å²) in [5.74, 6) is 0.952. The van der Waals surface area contributed by atoms with Gasteiger partial charge in [0.2, 0.25) is 5.91 Å². The molecular weight excluding hydrogens is 357 g/mol. The fourth-order valence-electron chi connectivity index (χ4n) is 2.89. The minimum absolute atomic E-state index is 0. The maximum absolute atomic E-state index is 11.7. The third kappa shape index (κ3) is 9.45. The van der Waals surface area contributed by atoms with Crippen LogP contribution in [0.2, 0.25) is 0 Å². The lowest BCUT2D eigenvalue weighted by Gasteiger charge is -2.30. The molecule has 0 aromatic heterocycles. The number of rotatable bonds is 7. The zero-order chi connectivity index (χ0) is 16.7. The molecular formula is C19H33Cl2N3O. The highest BCUT2D eigenvalue weighted by molar-refractivity contribution is 5.85. The summed E-state index contributed by atoms with van der Waals surface area (Å²) in [5.41, 5.74) is 8.17. The molecule has 1 aromatic carbocycles. The number of nitrogens with one attached hydrogen (secondary N) is 1. The molecule has 4 nitrogen and oxygen atoms in total. The van der Waals surface area contributed by atoms with Gasteiger partial charge in [-0.1, -0.05) is 31.2 Å². The van der Waals surface area contributed by atoms with Crippen molar-refractivity contribution in [3.05, 3.63) is 35.4 Å². The molecule has 1 aliphatic heterocycles. The molecule has 1 heterocycles. The van der Waals surface area contributed by atoms with Gasteiger partial charge in [0.25, 0.3) is 0 Å². The van der Waals surface area contributed by atoms with Crippen molar-refractivity contribution in [2.75, 3.05) is 13.1 Å². The number of nitrogens with two attached hydrogens (primary N) is 1. The first-order chi connectivity index (χ1) is 11.0. The summed E-state index contributed by atoms with van der Waals surface area (Å²) in [4.78, 5) is 14.2. The number of hydrogen-bond acceptors (Lipinski definition) is 3. The summed E-state index contributed by atoms with van der Waals surface area (Å²) in [5, 5.41) is 2.96. The van der Waals surface area contributed by atoms with E-state index in [2.05, 4.69) is 41.4 Å². The van der Waals surface area contributed by atoms with Crippen molar-refractivity contribution in [1.82, 2.24) is 10.2 Å². The summed E-state index contributed by atoms with van der Waals surface area (Å²) in [6.07, 6.45) is 3.86. The van der Waals surface area contributed by atoms with Gasteiger partial charge < -0.3 is 11.1 Å². The van der Waals surface area contributed by atoms with Crippen LogP contribution >= 0.6 is 24.8 Å². The molecule has 6 heteroatoms. The van der Waals surface area contributed by atoms with E-state index in [1.807, 2.05) is 6.92 Å². The van der Waals surface area contributed by atoms with Crippen molar-refractivity contribution in [2.45, 2.75) is 58.7 Å². The molecule has 0 saturated carbocycles. The van der Waals surface area contributed by atoms with E-state index in [1.165, 1.54) is 31.5 Å². The first kappa shape index (κ1) is 24.2. The predicted octanol–water partition coefficient (Wildman–Crippen LogP) is 3.51. The summed E-state index contributed by atoms with van der Waals surface area (Å²) in [6, 6.07) is 8.68. The Balaban J connectivity index is 0.00000288. The van der Waals surface area contributed by atoms with Gasteiger partial charge in [0, 0.05) is 25.6 Å². The van der Waals surface area contributed by atoms with Crippen molar-refractivity contribution < 1.29 is 4.79 Å². The number of carbonyl (C=O) groups excluding carboxylic acids is 1. The summed E-state index contributed by atoms with van der Waals surface area (Å²) in [7, 11) is 0. The molecule has 1 saturated heterocycles. The van der Waals surface area contributed by atoms with Crippen LogP contribution in [0.15, 0.2) is 24.3 Å². The van der Waals surface area contributed by atoms with Gasteiger partial charge in [-0.25, -0.2) is 0 Å². The van der Waals surface area contributed by atoms with Crippen LogP contribution in [0.1, 0.15) is 50.7 Å². The third-order valence-electron chi connectivity index (χ3n) is 4.62. The number of nitrogens with zero attached hydrogens (tertiary/aromatic N) is 1. The van der Waals surface area contributed by atoms with Gasteiger partial charge in [-0.05, 0) is 56.3 Å². The van der Waals surface area contributed by atoms with Crippen molar-refractivity contribution in [1.29, 1.82) is 0 Å². The number of halogens is 2. The normalized spacial score (nSPS) is 16.4. The average molecular weight is 390 g/mol. The lowest BCUT2D eigenvalue weighted by molar-refractivity contribution is -0.121. The van der Waals surface area contributed by atoms with Crippen LogP contribution in [0.5, 0.6) is 0 Å². The van der Waals surface area contributed by atoms with Gasteiger partial charge in [-0.3, -0.25) is 9.69 Å². The highest BCUT2D eigenvalue weighted by Crippen LogP contribution is 2.18.